The molecule has 0 saturated heterocycles. The minimum Gasteiger partial charge on any atom is -0.484 e. The quantitative estimate of drug-likeness (QED) is 0.637. The van der Waals surface area contributed by atoms with Crippen LogP contribution in [-0.4, -0.2) is 35.4 Å². The summed E-state index contributed by atoms with van der Waals surface area (Å²) in [6, 6.07) is 12.8. The maximum atomic E-state index is 13.3. The van der Waals surface area contributed by atoms with Crippen LogP contribution in [0.4, 0.5) is 4.39 Å². The van der Waals surface area contributed by atoms with Crippen LogP contribution < -0.4 is 10.1 Å². The number of benzene rings is 2. The number of nitrogens with one attached hydrogen (secondary N) is 1. The first-order chi connectivity index (χ1) is 14.3. The highest BCUT2D eigenvalue weighted by atomic mass is 19.1. The predicted octanol–water partition coefficient (Wildman–Crippen LogP) is 4.10. The van der Waals surface area contributed by atoms with E-state index in [1.807, 2.05) is 45.0 Å². The molecule has 2 amide bonds. The Morgan fingerprint density at radius 3 is 2.13 bits per heavy atom. The lowest BCUT2D eigenvalue weighted by atomic mass is 10.1. The summed E-state index contributed by atoms with van der Waals surface area (Å²) in [5.41, 5.74) is 1.93. The van der Waals surface area contributed by atoms with Crippen LogP contribution >= 0.6 is 0 Å². The Hall–Kier alpha value is -2.89. The molecule has 0 aliphatic carbocycles. The van der Waals surface area contributed by atoms with Crippen molar-refractivity contribution in [2.45, 2.75) is 59.2 Å². The molecular formula is C24H31FN2O3. The molecule has 0 unspecified atom stereocenters. The van der Waals surface area contributed by atoms with Crippen molar-refractivity contribution in [2.75, 3.05) is 6.61 Å². The molecule has 0 saturated carbocycles. The largest absolute Gasteiger partial charge is 0.484 e. The molecule has 2 aromatic rings. The molecule has 0 fully saturated rings. The lowest BCUT2D eigenvalue weighted by Crippen LogP contribution is -2.51. The zero-order valence-electron chi connectivity index (χ0n) is 18.2. The minimum atomic E-state index is -0.643. The summed E-state index contributed by atoms with van der Waals surface area (Å²) in [5.74, 6) is -0.262. The lowest BCUT2D eigenvalue weighted by Gasteiger charge is -2.31. The van der Waals surface area contributed by atoms with E-state index in [2.05, 4.69) is 12.2 Å². The Morgan fingerprint density at radius 2 is 1.60 bits per heavy atom. The number of amides is 2. The van der Waals surface area contributed by atoms with Gasteiger partial charge in [-0.25, -0.2) is 4.39 Å². The highest BCUT2D eigenvalue weighted by molar-refractivity contribution is 5.88. The number of aryl methyl sites for hydroxylation is 1. The van der Waals surface area contributed by atoms with Crippen molar-refractivity contribution >= 4 is 11.8 Å². The fraction of sp³-hybridized carbons (Fsp3) is 0.417. The molecule has 0 heterocycles. The van der Waals surface area contributed by atoms with Gasteiger partial charge in [0, 0.05) is 12.6 Å². The molecule has 2 aromatic carbocycles. The normalized spacial score (nSPS) is 11.8. The molecule has 0 aliphatic heterocycles. The van der Waals surface area contributed by atoms with Gasteiger partial charge >= 0.3 is 0 Å². The molecule has 162 valence electrons. The van der Waals surface area contributed by atoms with E-state index in [0.717, 1.165) is 12.0 Å². The smallest absolute Gasteiger partial charge is 0.261 e. The first-order valence-electron chi connectivity index (χ1n) is 10.4. The highest BCUT2D eigenvalue weighted by Crippen LogP contribution is 2.16. The fourth-order valence-electron chi connectivity index (χ4n) is 3.14. The number of carbonyl (C=O) groups is 2. The number of hydrogen-bond donors (Lipinski definition) is 1. The van der Waals surface area contributed by atoms with Crippen molar-refractivity contribution < 1.29 is 18.7 Å². The SMILES string of the molecule is CCc1ccc(OCC(=O)N(Cc2ccc(F)cc2)[C@H](CC)C(=O)NC(C)C)cc1. The van der Waals surface area contributed by atoms with E-state index in [4.69, 9.17) is 4.74 Å². The summed E-state index contributed by atoms with van der Waals surface area (Å²) < 4.78 is 19.0. The van der Waals surface area contributed by atoms with Crippen LogP contribution in [0.2, 0.25) is 0 Å². The van der Waals surface area contributed by atoms with Crippen LogP contribution in [0.1, 0.15) is 45.2 Å². The van der Waals surface area contributed by atoms with Crippen LogP contribution in [0.25, 0.3) is 0 Å². The summed E-state index contributed by atoms with van der Waals surface area (Å²) in [5, 5.41) is 2.88. The second-order valence-corrected chi connectivity index (χ2v) is 7.52. The summed E-state index contributed by atoms with van der Waals surface area (Å²) in [6.07, 6.45) is 1.38. The minimum absolute atomic E-state index is 0.0392. The van der Waals surface area contributed by atoms with Gasteiger partial charge in [0.1, 0.15) is 17.6 Å². The monoisotopic (exact) mass is 414 g/mol. The van der Waals surface area contributed by atoms with Gasteiger partial charge in [-0.3, -0.25) is 9.59 Å². The average Bonchev–Trinajstić information content (AvgIpc) is 2.73. The fourth-order valence-corrected chi connectivity index (χ4v) is 3.14. The van der Waals surface area contributed by atoms with Crippen LogP contribution in [0.5, 0.6) is 5.75 Å². The third kappa shape index (κ3) is 6.87. The van der Waals surface area contributed by atoms with Crippen LogP contribution in [-0.2, 0) is 22.6 Å². The Morgan fingerprint density at radius 1 is 1.00 bits per heavy atom. The molecule has 6 heteroatoms. The molecule has 1 atom stereocenters. The summed E-state index contributed by atoms with van der Waals surface area (Å²) in [4.78, 5) is 27.3. The van der Waals surface area contributed by atoms with Gasteiger partial charge < -0.3 is 15.0 Å². The standard InChI is InChI=1S/C24H31FN2O3/c1-5-18-9-13-21(14-10-18)30-16-23(28)27(15-19-7-11-20(25)12-8-19)22(6-2)24(29)26-17(3)4/h7-14,17,22H,5-6,15-16H2,1-4H3,(H,26,29)/t22-/m1/s1. The molecule has 30 heavy (non-hydrogen) atoms. The Balaban J connectivity index is 2.17. The zero-order valence-corrected chi connectivity index (χ0v) is 18.2. The van der Waals surface area contributed by atoms with E-state index in [9.17, 15) is 14.0 Å². The molecule has 0 aromatic heterocycles. The van der Waals surface area contributed by atoms with Crippen molar-refractivity contribution in [3.05, 3.63) is 65.5 Å². The number of rotatable bonds is 10. The van der Waals surface area contributed by atoms with Gasteiger partial charge in [0.2, 0.25) is 5.91 Å². The van der Waals surface area contributed by atoms with E-state index < -0.39 is 6.04 Å². The highest BCUT2D eigenvalue weighted by Gasteiger charge is 2.29. The molecule has 0 spiro atoms. The topological polar surface area (TPSA) is 58.6 Å². The molecule has 2 rings (SSSR count). The number of halogens is 1. The zero-order chi connectivity index (χ0) is 22.1. The summed E-state index contributed by atoms with van der Waals surface area (Å²) in [7, 11) is 0. The first-order valence-corrected chi connectivity index (χ1v) is 10.4. The third-order valence-electron chi connectivity index (χ3n) is 4.78. The van der Waals surface area contributed by atoms with E-state index in [-0.39, 0.29) is 36.8 Å². The second kappa shape index (κ2) is 11.3. The number of ether oxygens (including phenoxy) is 1. The van der Waals surface area contributed by atoms with Crippen LogP contribution in [0.3, 0.4) is 0 Å². The number of carbonyl (C=O) groups excluding carboxylic acids is 2. The van der Waals surface area contributed by atoms with Gasteiger partial charge in [-0.05, 0) is 62.1 Å². The Bertz CT molecular complexity index is 819. The van der Waals surface area contributed by atoms with Crippen molar-refractivity contribution in [1.29, 1.82) is 0 Å². The molecular weight excluding hydrogens is 383 g/mol. The first kappa shape index (κ1) is 23.4. The molecule has 0 radical (unpaired) electrons. The summed E-state index contributed by atoms with van der Waals surface area (Å²) >= 11 is 0. The van der Waals surface area contributed by atoms with E-state index in [0.29, 0.717) is 12.2 Å². The maximum absolute atomic E-state index is 13.3. The average molecular weight is 415 g/mol. The van der Waals surface area contributed by atoms with Crippen molar-refractivity contribution in [1.82, 2.24) is 10.2 Å². The van der Waals surface area contributed by atoms with Crippen molar-refractivity contribution in [2.24, 2.45) is 0 Å². The Labute approximate surface area is 178 Å². The lowest BCUT2D eigenvalue weighted by molar-refractivity contribution is -0.143. The van der Waals surface area contributed by atoms with Gasteiger partial charge in [-0.2, -0.15) is 0 Å². The van der Waals surface area contributed by atoms with Crippen molar-refractivity contribution in [3.8, 4) is 5.75 Å². The molecule has 1 N–H and O–H groups in total. The van der Waals surface area contributed by atoms with Crippen LogP contribution in [0, 0.1) is 5.82 Å². The Kier molecular flexibility index (Phi) is 8.84. The van der Waals surface area contributed by atoms with Crippen LogP contribution in [0.15, 0.2) is 48.5 Å². The van der Waals surface area contributed by atoms with Gasteiger partial charge in [0.25, 0.3) is 5.91 Å². The van der Waals surface area contributed by atoms with Gasteiger partial charge in [-0.1, -0.05) is 38.1 Å². The molecule has 0 aliphatic rings. The number of hydrogen-bond acceptors (Lipinski definition) is 3. The maximum Gasteiger partial charge on any atom is 0.261 e. The third-order valence-corrected chi connectivity index (χ3v) is 4.78. The predicted molar refractivity (Wildman–Crippen MR) is 116 cm³/mol. The van der Waals surface area contributed by atoms with Gasteiger partial charge in [0.05, 0.1) is 0 Å². The van der Waals surface area contributed by atoms with Gasteiger partial charge in [-0.15, -0.1) is 0 Å². The van der Waals surface area contributed by atoms with Crippen molar-refractivity contribution in [3.63, 3.8) is 0 Å². The van der Waals surface area contributed by atoms with E-state index in [1.54, 1.807) is 12.1 Å². The second-order valence-electron chi connectivity index (χ2n) is 7.52. The van der Waals surface area contributed by atoms with E-state index >= 15 is 0 Å². The summed E-state index contributed by atoms with van der Waals surface area (Å²) in [6.45, 7) is 7.69. The molecule has 5 nitrogen and oxygen atoms in total. The number of nitrogens with zero attached hydrogens (tertiary/aromatic N) is 1. The van der Waals surface area contributed by atoms with E-state index in [1.165, 1.54) is 22.6 Å². The molecule has 0 bridgehead atoms. The van der Waals surface area contributed by atoms with Gasteiger partial charge in [0.15, 0.2) is 6.61 Å².